The van der Waals surface area contributed by atoms with Crippen LogP contribution in [0, 0.1) is 6.92 Å². The van der Waals surface area contributed by atoms with Gasteiger partial charge in [0.25, 0.3) is 0 Å². The Kier molecular flexibility index (Phi) is 7.00. The van der Waals surface area contributed by atoms with Crippen molar-refractivity contribution in [3.8, 4) is 5.75 Å². The normalized spacial score (nSPS) is 12.2. The van der Waals surface area contributed by atoms with E-state index in [2.05, 4.69) is 31.6 Å². The van der Waals surface area contributed by atoms with Crippen LogP contribution >= 0.6 is 11.3 Å². The highest BCUT2D eigenvalue weighted by Gasteiger charge is 2.15. The van der Waals surface area contributed by atoms with E-state index < -0.39 is 0 Å². The van der Waals surface area contributed by atoms with Crippen molar-refractivity contribution in [2.75, 3.05) is 39.6 Å². The Morgan fingerprint density at radius 2 is 2.00 bits per heavy atom. The highest BCUT2D eigenvalue weighted by atomic mass is 32.1. The first-order valence-corrected chi connectivity index (χ1v) is 10.3. The van der Waals surface area contributed by atoms with E-state index in [1.54, 1.807) is 24.8 Å². The fourth-order valence-corrected chi connectivity index (χ4v) is 3.98. The zero-order valence-corrected chi connectivity index (χ0v) is 18.0. The Hall–Kier alpha value is -2.71. The average Bonchev–Trinajstić information content (AvgIpc) is 3.09. The van der Waals surface area contributed by atoms with Crippen LogP contribution in [0.3, 0.4) is 0 Å². The topological polar surface area (TPSA) is 79.4 Å². The molecule has 1 atom stereocenters. The van der Waals surface area contributed by atoms with Crippen LogP contribution in [0.2, 0.25) is 0 Å². The molecule has 0 spiro atoms. The number of carbonyl (C=O) groups is 1. The van der Waals surface area contributed by atoms with Crippen molar-refractivity contribution in [2.45, 2.75) is 19.4 Å². The minimum Gasteiger partial charge on any atom is -0.497 e. The first-order valence-electron chi connectivity index (χ1n) is 9.50. The molecule has 1 amide bonds. The van der Waals surface area contributed by atoms with Crippen LogP contribution in [0.15, 0.2) is 36.7 Å². The van der Waals surface area contributed by atoms with Gasteiger partial charge >= 0.3 is 0 Å². The smallest absolute Gasteiger partial charge is 0.221 e. The number of thiophene rings is 1. The molecule has 0 fully saturated rings. The maximum absolute atomic E-state index is 12.3. The highest BCUT2D eigenvalue weighted by molar-refractivity contribution is 7.18. The van der Waals surface area contributed by atoms with E-state index in [1.165, 1.54) is 4.88 Å². The van der Waals surface area contributed by atoms with Crippen LogP contribution in [0.1, 0.15) is 22.9 Å². The van der Waals surface area contributed by atoms with Crippen molar-refractivity contribution in [3.63, 3.8) is 0 Å². The number of nitrogens with one attached hydrogen (secondary N) is 2. The number of rotatable bonds is 9. The van der Waals surface area contributed by atoms with Gasteiger partial charge in [0.15, 0.2) is 0 Å². The van der Waals surface area contributed by atoms with Crippen LogP contribution < -0.4 is 15.4 Å². The summed E-state index contributed by atoms with van der Waals surface area (Å²) >= 11 is 1.64. The molecule has 0 aliphatic carbocycles. The van der Waals surface area contributed by atoms with E-state index in [-0.39, 0.29) is 11.9 Å². The molecule has 3 rings (SSSR count). The molecule has 0 radical (unpaired) electrons. The largest absolute Gasteiger partial charge is 0.497 e. The predicted molar refractivity (Wildman–Crippen MR) is 118 cm³/mol. The van der Waals surface area contributed by atoms with Crippen LogP contribution in [-0.4, -0.2) is 55.1 Å². The molecule has 1 unspecified atom stereocenters. The number of aryl methyl sites for hydroxylation is 1. The van der Waals surface area contributed by atoms with Crippen LogP contribution in [-0.2, 0) is 4.79 Å². The molecular weight excluding hydrogens is 386 g/mol. The van der Waals surface area contributed by atoms with E-state index in [1.807, 2.05) is 45.3 Å². The summed E-state index contributed by atoms with van der Waals surface area (Å²) in [7, 11) is 5.66. The Labute approximate surface area is 175 Å². The minimum absolute atomic E-state index is 0.00432. The molecule has 0 saturated carbocycles. The molecule has 0 saturated heterocycles. The first kappa shape index (κ1) is 21.0. The van der Waals surface area contributed by atoms with Gasteiger partial charge in [-0.2, -0.15) is 0 Å². The molecule has 29 heavy (non-hydrogen) atoms. The second kappa shape index (κ2) is 9.67. The summed E-state index contributed by atoms with van der Waals surface area (Å²) in [5.41, 5.74) is 1.13. The quantitative estimate of drug-likeness (QED) is 0.561. The van der Waals surface area contributed by atoms with Crippen molar-refractivity contribution in [1.29, 1.82) is 0 Å². The average molecular weight is 414 g/mol. The molecule has 0 aliphatic heterocycles. The van der Waals surface area contributed by atoms with Gasteiger partial charge in [-0.25, -0.2) is 9.97 Å². The monoisotopic (exact) mass is 413 g/mol. The Morgan fingerprint density at radius 3 is 2.69 bits per heavy atom. The molecule has 8 heteroatoms. The van der Waals surface area contributed by atoms with Crippen LogP contribution in [0.25, 0.3) is 10.2 Å². The van der Waals surface area contributed by atoms with Gasteiger partial charge in [0.2, 0.25) is 5.91 Å². The molecule has 2 aromatic heterocycles. The third kappa shape index (κ3) is 5.42. The fraction of sp³-hybridized carbons (Fsp3) is 0.381. The zero-order valence-electron chi connectivity index (χ0n) is 17.2. The van der Waals surface area contributed by atoms with E-state index in [0.29, 0.717) is 19.5 Å². The second-order valence-corrected chi connectivity index (χ2v) is 8.27. The summed E-state index contributed by atoms with van der Waals surface area (Å²) < 4.78 is 5.22. The number of hydrogen-bond donors (Lipinski definition) is 2. The third-order valence-corrected chi connectivity index (χ3v) is 5.67. The van der Waals surface area contributed by atoms with Gasteiger partial charge in [0.1, 0.15) is 22.7 Å². The number of nitrogens with zero attached hydrogens (tertiary/aromatic N) is 3. The van der Waals surface area contributed by atoms with E-state index in [0.717, 1.165) is 27.3 Å². The summed E-state index contributed by atoms with van der Waals surface area (Å²) in [6.45, 7) is 3.11. The fourth-order valence-electron chi connectivity index (χ4n) is 3.13. The molecule has 2 N–H and O–H groups in total. The lowest BCUT2D eigenvalue weighted by molar-refractivity contribution is -0.121. The van der Waals surface area contributed by atoms with Gasteiger partial charge in [-0.3, -0.25) is 4.79 Å². The third-order valence-electron chi connectivity index (χ3n) is 4.71. The minimum atomic E-state index is 0.00432. The number of anilines is 1. The van der Waals surface area contributed by atoms with Crippen molar-refractivity contribution >= 4 is 33.3 Å². The van der Waals surface area contributed by atoms with Crippen molar-refractivity contribution < 1.29 is 9.53 Å². The van der Waals surface area contributed by atoms with Gasteiger partial charge < -0.3 is 20.3 Å². The number of aromatic nitrogens is 2. The molecule has 7 nitrogen and oxygen atoms in total. The van der Waals surface area contributed by atoms with Gasteiger partial charge in [0.05, 0.1) is 18.5 Å². The molecule has 154 valence electrons. The molecule has 0 bridgehead atoms. The maximum atomic E-state index is 12.3. The van der Waals surface area contributed by atoms with E-state index >= 15 is 0 Å². The van der Waals surface area contributed by atoms with Gasteiger partial charge in [0, 0.05) is 24.4 Å². The van der Waals surface area contributed by atoms with Crippen LogP contribution in [0.4, 0.5) is 5.82 Å². The Bertz CT molecular complexity index is 955. The van der Waals surface area contributed by atoms with Gasteiger partial charge in [-0.15, -0.1) is 11.3 Å². The van der Waals surface area contributed by atoms with E-state index in [4.69, 9.17) is 4.74 Å². The summed E-state index contributed by atoms with van der Waals surface area (Å²) in [5, 5.41) is 7.30. The summed E-state index contributed by atoms with van der Waals surface area (Å²) in [4.78, 5) is 25.2. The lowest BCUT2D eigenvalue weighted by atomic mass is 10.1. The molecule has 0 aliphatic rings. The standard InChI is InChI=1S/C21H27N5O2S/c1-14-11-17-20(24-13-25-21(17)29-14)22-10-9-19(27)23-12-18(26(2)3)15-5-7-16(28-4)8-6-15/h5-8,11,13,18H,9-10,12H2,1-4H3,(H,23,27)(H,22,24,25). The molecule has 3 aromatic rings. The first-order chi connectivity index (χ1) is 14.0. The lowest BCUT2D eigenvalue weighted by Gasteiger charge is -2.25. The van der Waals surface area contributed by atoms with E-state index in [9.17, 15) is 4.79 Å². The van der Waals surface area contributed by atoms with Crippen molar-refractivity contribution in [1.82, 2.24) is 20.2 Å². The Morgan fingerprint density at radius 1 is 1.24 bits per heavy atom. The number of likely N-dealkylation sites (N-methyl/N-ethyl adjacent to an activating group) is 1. The number of hydrogen-bond acceptors (Lipinski definition) is 7. The Balaban J connectivity index is 1.51. The number of methoxy groups -OCH3 is 1. The van der Waals surface area contributed by atoms with Crippen molar-refractivity contribution in [3.05, 3.63) is 47.1 Å². The predicted octanol–water partition coefficient (Wildman–Crippen LogP) is 3.23. The summed E-state index contributed by atoms with van der Waals surface area (Å²) in [6, 6.07) is 10.1. The highest BCUT2D eigenvalue weighted by Crippen LogP contribution is 2.27. The summed E-state index contributed by atoms with van der Waals surface area (Å²) in [5.74, 6) is 1.60. The SMILES string of the molecule is COc1ccc(C(CNC(=O)CCNc2ncnc3sc(C)cc23)N(C)C)cc1. The molecule has 2 heterocycles. The number of ether oxygens (including phenoxy) is 1. The molecule has 1 aromatic carbocycles. The van der Waals surface area contributed by atoms with Crippen LogP contribution in [0.5, 0.6) is 5.75 Å². The number of benzene rings is 1. The number of fused-ring (bicyclic) bond motifs is 1. The van der Waals surface area contributed by atoms with Crippen molar-refractivity contribution in [2.24, 2.45) is 0 Å². The van der Waals surface area contributed by atoms with Gasteiger partial charge in [-0.1, -0.05) is 12.1 Å². The zero-order chi connectivity index (χ0) is 20.8. The lowest BCUT2D eigenvalue weighted by Crippen LogP contribution is -2.35. The summed E-state index contributed by atoms with van der Waals surface area (Å²) in [6.07, 6.45) is 1.93. The second-order valence-electron chi connectivity index (χ2n) is 7.03. The van der Waals surface area contributed by atoms with Gasteiger partial charge in [-0.05, 0) is 44.8 Å². The molecular formula is C21H27N5O2S. The number of carbonyl (C=O) groups excluding carboxylic acids is 1. The number of amides is 1. The maximum Gasteiger partial charge on any atom is 0.221 e.